The molecule has 0 rings (SSSR count). The Morgan fingerprint density at radius 2 is 1.29 bits per heavy atom. The molecule has 0 bridgehead atoms. The first-order chi connectivity index (χ1) is 6.51. The molecule has 0 saturated heterocycles. The molecule has 0 saturated carbocycles. The molecule has 88 valence electrons. The lowest BCUT2D eigenvalue weighted by atomic mass is 10.3. The van der Waals surface area contributed by atoms with Gasteiger partial charge in [-0.25, -0.2) is 0 Å². The third kappa shape index (κ3) is 7.66. The lowest BCUT2D eigenvalue weighted by Crippen LogP contribution is -2.43. The molecule has 14 heavy (non-hydrogen) atoms. The van der Waals surface area contributed by atoms with Gasteiger partial charge in [0.1, 0.15) is 10.5 Å². The molecule has 4 nitrogen and oxygen atoms in total. The minimum atomic E-state index is -2.28. The van der Waals surface area contributed by atoms with E-state index in [0.29, 0.717) is 5.92 Å². The van der Waals surface area contributed by atoms with Crippen LogP contribution in [0.25, 0.3) is 0 Å². The molecule has 0 N–H and O–H groups in total. The van der Waals surface area contributed by atoms with Crippen molar-refractivity contribution in [3.05, 3.63) is 0 Å². The zero-order valence-corrected chi connectivity index (χ0v) is 13.4. The van der Waals surface area contributed by atoms with Gasteiger partial charge in [0.15, 0.2) is 0 Å². The Labute approximate surface area is 91.8 Å². The van der Waals surface area contributed by atoms with Gasteiger partial charge in [-0.1, -0.05) is 13.8 Å². The monoisotopic (exact) mass is 240 g/mol. The Kier molecular flexibility index (Phi) is 11.7. The number of hydrogen-bond donors (Lipinski definition) is 0. The van der Waals surface area contributed by atoms with Crippen LogP contribution in [0, 0.1) is 5.92 Å². The van der Waals surface area contributed by atoms with Crippen molar-refractivity contribution in [3.8, 4) is 0 Å². The fourth-order valence-corrected chi connectivity index (χ4v) is 3.00. The number of rotatable bonds is 5. The normalized spacial score (nSPS) is 11.4. The van der Waals surface area contributed by atoms with Gasteiger partial charge in [0.25, 0.3) is 0 Å². The lowest BCUT2D eigenvalue weighted by molar-refractivity contribution is 0.119. The second-order valence-corrected chi connectivity index (χ2v) is 7.12. The molecule has 0 fully saturated rings. The first-order valence-corrected chi connectivity index (χ1v) is 7.32. The van der Waals surface area contributed by atoms with Crippen LogP contribution in [-0.2, 0) is 17.7 Å². The molecule has 0 atom stereocenters. The molecular weight excluding hydrogens is 216 g/mol. The molecule has 0 aliphatic rings. The smallest absolute Gasteiger partial charge is 0.431 e. The number of hydrogen-bond acceptors (Lipinski definition) is 4. The minimum absolute atomic E-state index is 0.543. The first-order valence-electron chi connectivity index (χ1n) is 4.57. The summed E-state index contributed by atoms with van der Waals surface area (Å²) >= 11 is 0. The van der Waals surface area contributed by atoms with E-state index in [1.807, 2.05) is 0 Å². The molecule has 0 aromatic rings. The zero-order chi connectivity index (χ0) is 11.6. The third-order valence-corrected chi connectivity index (χ3v) is 4.77. The summed E-state index contributed by atoms with van der Waals surface area (Å²) < 4.78 is 20.1. The van der Waals surface area contributed by atoms with Crippen molar-refractivity contribution >= 4 is 19.3 Å². The molecule has 6 heteroatoms. The summed E-state index contributed by atoms with van der Waals surface area (Å²) in [6.45, 7) is 4.25. The van der Waals surface area contributed by atoms with E-state index in [0.717, 1.165) is 16.5 Å². The van der Waals surface area contributed by atoms with E-state index in [2.05, 4.69) is 18.3 Å². The van der Waals surface area contributed by atoms with Crippen LogP contribution in [-0.4, -0.2) is 47.7 Å². The van der Waals surface area contributed by atoms with Gasteiger partial charge in [-0.05, 0) is 5.92 Å². The van der Waals surface area contributed by atoms with Gasteiger partial charge >= 0.3 is 8.80 Å². The average molecular weight is 240 g/mol. The lowest BCUT2D eigenvalue weighted by Gasteiger charge is -2.25. The molecule has 0 aromatic carbocycles. The highest BCUT2D eigenvalue weighted by Crippen LogP contribution is 2.18. The summed E-state index contributed by atoms with van der Waals surface area (Å²) in [6, 6.07) is 0.872. The van der Waals surface area contributed by atoms with Crippen molar-refractivity contribution in [3.63, 3.8) is 0 Å². The molecule has 0 unspecified atom stereocenters. The molecule has 0 amide bonds. The van der Waals surface area contributed by atoms with Gasteiger partial charge in [0, 0.05) is 34.5 Å². The molecule has 0 radical (unpaired) electrons. The highest BCUT2D eigenvalue weighted by Gasteiger charge is 2.38. The van der Waals surface area contributed by atoms with E-state index in [9.17, 15) is 0 Å². The Morgan fingerprint density at radius 3 is 1.36 bits per heavy atom. The molecule has 0 aliphatic heterocycles. The highest BCUT2D eigenvalue weighted by atomic mass is 28.4. The summed E-state index contributed by atoms with van der Waals surface area (Å²) in [5.41, 5.74) is 0. The SMILES string of the molecule is CO[SiH3].CO[Si](CC(C)C)(OC)OC. The van der Waals surface area contributed by atoms with E-state index in [1.54, 1.807) is 28.4 Å². The van der Waals surface area contributed by atoms with E-state index in [4.69, 9.17) is 13.3 Å². The summed E-state index contributed by atoms with van der Waals surface area (Å²) in [7, 11) is 5.20. The Morgan fingerprint density at radius 1 is 1.00 bits per heavy atom. The van der Waals surface area contributed by atoms with E-state index in [1.165, 1.54) is 0 Å². The van der Waals surface area contributed by atoms with Crippen molar-refractivity contribution in [1.82, 2.24) is 0 Å². The maximum absolute atomic E-state index is 5.24. The van der Waals surface area contributed by atoms with Crippen molar-refractivity contribution < 1.29 is 17.7 Å². The van der Waals surface area contributed by atoms with Crippen molar-refractivity contribution in [2.24, 2.45) is 5.92 Å². The molecule has 0 heterocycles. The summed E-state index contributed by atoms with van der Waals surface area (Å²) in [4.78, 5) is 0. The molecule has 0 aliphatic carbocycles. The maximum Gasteiger partial charge on any atom is 0.500 e. The second-order valence-electron chi connectivity index (χ2n) is 3.30. The largest absolute Gasteiger partial charge is 0.500 e. The predicted octanol–water partition coefficient (Wildman–Crippen LogP) is 0.434. The van der Waals surface area contributed by atoms with Crippen molar-refractivity contribution in [2.45, 2.75) is 19.9 Å². The third-order valence-electron chi connectivity index (χ3n) is 1.59. The summed E-state index contributed by atoms with van der Waals surface area (Å²) in [6.07, 6.45) is 0. The van der Waals surface area contributed by atoms with Crippen LogP contribution in [0.2, 0.25) is 6.04 Å². The van der Waals surface area contributed by atoms with Crippen LogP contribution in [0.5, 0.6) is 0 Å². The van der Waals surface area contributed by atoms with Crippen molar-refractivity contribution in [1.29, 1.82) is 0 Å². The van der Waals surface area contributed by atoms with Gasteiger partial charge in [-0.3, -0.25) is 0 Å². The van der Waals surface area contributed by atoms with E-state index >= 15 is 0 Å². The Hall–Kier alpha value is 0.274. The van der Waals surface area contributed by atoms with E-state index < -0.39 is 8.80 Å². The average Bonchev–Trinajstić information content (AvgIpc) is 2.15. The van der Waals surface area contributed by atoms with Crippen molar-refractivity contribution in [2.75, 3.05) is 28.4 Å². The van der Waals surface area contributed by atoms with Crippen LogP contribution in [0.3, 0.4) is 0 Å². The highest BCUT2D eigenvalue weighted by molar-refractivity contribution is 6.60. The first kappa shape index (κ1) is 16.7. The van der Waals surface area contributed by atoms with Gasteiger partial charge < -0.3 is 17.7 Å². The molecule has 0 aromatic heterocycles. The molecular formula is C8H24O4Si2. The Bertz CT molecular complexity index is 110. The summed E-state index contributed by atoms with van der Waals surface area (Å²) in [5.74, 6) is 0.543. The van der Waals surface area contributed by atoms with Gasteiger partial charge in [-0.2, -0.15) is 0 Å². The standard InChI is InChI=1S/C7H18O3Si.CH6OSi/c1-7(2)6-11(8-3,9-4)10-5;1-2-3/h7H,6H2,1-5H3;1,3H3. The van der Waals surface area contributed by atoms with Crippen LogP contribution < -0.4 is 0 Å². The van der Waals surface area contributed by atoms with Crippen LogP contribution in [0.1, 0.15) is 13.8 Å². The second kappa shape index (κ2) is 9.81. The topological polar surface area (TPSA) is 36.9 Å². The summed E-state index contributed by atoms with van der Waals surface area (Å²) in [5, 5.41) is 0. The maximum atomic E-state index is 5.24. The zero-order valence-electron chi connectivity index (χ0n) is 10.4. The fourth-order valence-electron chi connectivity index (χ4n) is 1.00. The van der Waals surface area contributed by atoms with Gasteiger partial charge in [0.05, 0.1) is 0 Å². The van der Waals surface area contributed by atoms with Crippen LogP contribution in [0.4, 0.5) is 0 Å². The van der Waals surface area contributed by atoms with E-state index in [-0.39, 0.29) is 0 Å². The van der Waals surface area contributed by atoms with Gasteiger partial charge in [-0.15, -0.1) is 0 Å². The fraction of sp³-hybridized carbons (Fsp3) is 1.00. The Balaban J connectivity index is 0. The van der Waals surface area contributed by atoms with Crippen LogP contribution in [0.15, 0.2) is 0 Å². The van der Waals surface area contributed by atoms with Gasteiger partial charge in [0.2, 0.25) is 0 Å². The molecule has 0 spiro atoms. The predicted molar refractivity (Wildman–Crippen MR) is 63.4 cm³/mol. The van der Waals surface area contributed by atoms with Crippen LogP contribution >= 0.6 is 0 Å². The quantitative estimate of drug-likeness (QED) is 0.653. The minimum Gasteiger partial charge on any atom is -0.431 e.